The van der Waals surface area contributed by atoms with Gasteiger partial charge >= 0.3 is 0 Å². The summed E-state index contributed by atoms with van der Waals surface area (Å²) in [5.74, 6) is 0.713. The lowest BCUT2D eigenvalue weighted by Crippen LogP contribution is -2.33. The average Bonchev–Trinajstić information content (AvgIpc) is 2.74. The summed E-state index contributed by atoms with van der Waals surface area (Å²) in [5.41, 5.74) is 1.41. The van der Waals surface area contributed by atoms with Gasteiger partial charge in [0.1, 0.15) is 0 Å². The predicted molar refractivity (Wildman–Crippen MR) is 70.9 cm³/mol. The van der Waals surface area contributed by atoms with E-state index in [1.54, 1.807) is 0 Å². The van der Waals surface area contributed by atoms with E-state index in [1.165, 1.54) is 18.5 Å². The van der Waals surface area contributed by atoms with Crippen LogP contribution in [-0.2, 0) is 0 Å². The van der Waals surface area contributed by atoms with Crippen LogP contribution in [0, 0.1) is 5.92 Å². The lowest BCUT2D eigenvalue weighted by Gasteiger charge is -2.31. The SMILES string of the molecule is CNCC1CCN(C(C)C)C1c1ccncc1. The molecule has 2 unspecified atom stereocenters. The number of hydrogen-bond acceptors (Lipinski definition) is 3. The van der Waals surface area contributed by atoms with E-state index in [0.717, 1.165) is 6.54 Å². The molecule has 0 radical (unpaired) electrons. The van der Waals surface area contributed by atoms with Gasteiger partial charge in [-0.1, -0.05) is 0 Å². The molecular formula is C14H23N3. The van der Waals surface area contributed by atoms with E-state index in [-0.39, 0.29) is 0 Å². The Morgan fingerprint density at radius 2 is 2.12 bits per heavy atom. The third-order valence-electron chi connectivity index (χ3n) is 3.74. The fraction of sp³-hybridized carbons (Fsp3) is 0.643. The highest BCUT2D eigenvalue weighted by Crippen LogP contribution is 2.37. The maximum absolute atomic E-state index is 4.12. The Kier molecular flexibility index (Phi) is 4.13. The number of pyridine rings is 1. The molecule has 1 fully saturated rings. The summed E-state index contributed by atoms with van der Waals surface area (Å²) >= 11 is 0. The molecule has 17 heavy (non-hydrogen) atoms. The monoisotopic (exact) mass is 233 g/mol. The standard InChI is InChI=1S/C14H23N3/c1-11(2)17-9-6-13(10-15-3)14(17)12-4-7-16-8-5-12/h4-5,7-8,11,13-15H,6,9-10H2,1-3H3. The van der Waals surface area contributed by atoms with Crippen LogP contribution in [0.1, 0.15) is 31.9 Å². The summed E-state index contributed by atoms with van der Waals surface area (Å²) < 4.78 is 0. The molecule has 0 aromatic carbocycles. The summed E-state index contributed by atoms with van der Waals surface area (Å²) in [7, 11) is 2.04. The van der Waals surface area contributed by atoms with Gasteiger partial charge in [-0.3, -0.25) is 9.88 Å². The maximum atomic E-state index is 4.12. The number of nitrogens with one attached hydrogen (secondary N) is 1. The fourth-order valence-corrected chi connectivity index (χ4v) is 2.96. The first-order chi connectivity index (χ1) is 8.24. The van der Waals surface area contributed by atoms with Crippen LogP contribution in [0.4, 0.5) is 0 Å². The van der Waals surface area contributed by atoms with Crippen LogP contribution in [-0.4, -0.2) is 36.1 Å². The largest absolute Gasteiger partial charge is 0.319 e. The van der Waals surface area contributed by atoms with Gasteiger partial charge in [0.2, 0.25) is 0 Å². The van der Waals surface area contributed by atoms with E-state index in [2.05, 4.69) is 41.2 Å². The zero-order valence-corrected chi connectivity index (χ0v) is 11.1. The molecule has 1 aromatic rings. The molecule has 0 saturated carbocycles. The zero-order valence-electron chi connectivity index (χ0n) is 11.1. The third-order valence-corrected chi connectivity index (χ3v) is 3.74. The number of nitrogens with zero attached hydrogens (tertiary/aromatic N) is 2. The minimum atomic E-state index is 0.547. The van der Waals surface area contributed by atoms with Gasteiger partial charge in [-0.2, -0.15) is 0 Å². The highest BCUT2D eigenvalue weighted by Gasteiger charge is 2.35. The van der Waals surface area contributed by atoms with Crippen molar-refractivity contribution in [2.45, 2.75) is 32.4 Å². The number of hydrogen-bond donors (Lipinski definition) is 1. The molecule has 94 valence electrons. The normalized spacial score (nSPS) is 25.6. The van der Waals surface area contributed by atoms with Gasteiger partial charge < -0.3 is 5.32 Å². The molecule has 1 aliphatic rings. The second-order valence-electron chi connectivity index (χ2n) is 5.16. The number of aromatic nitrogens is 1. The minimum Gasteiger partial charge on any atom is -0.319 e. The summed E-state index contributed by atoms with van der Waals surface area (Å²) in [6.45, 7) is 6.87. The molecular weight excluding hydrogens is 210 g/mol. The lowest BCUT2D eigenvalue weighted by molar-refractivity contribution is 0.182. The summed E-state index contributed by atoms with van der Waals surface area (Å²) in [5, 5.41) is 3.33. The van der Waals surface area contributed by atoms with Gasteiger partial charge in [0.05, 0.1) is 0 Å². The van der Waals surface area contributed by atoms with E-state index in [9.17, 15) is 0 Å². The van der Waals surface area contributed by atoms with Crippen molar-refractivity contribution in [1.82, 2.24) is 15.2 Å². The van der Waals surface area contributed by atoms with E-state index < -0.39 is 0 Å². The molecule has 0 spiro atoms. The Hall–Kier alpha value is -0.930. The highest BCUT2D eigenvalue weighted by atomic mass is 15.2. The first kappa shape index (κ1) is 12.5. The topological polar surface area (TPSA) is 28.2 Å². The molecule has 2 heterocycles. The lowest BCUT2D eigenvalue weighted by atomic mass is 9.94. The molecule has 2 atom stereocenters. The van der Waals surface area contributed by atoms with Crippen LogP contribution < -0.4 is 5.32 Å². The summed E-state index contributed by atoms with van der Waals surface area (Å²) in [6.07, 6.45) is 5.09. The van der Waals surface area contributed by atoms with Crippen molar-refractivity contribution in [2.75, 3.05) is 20.1 Å². The zero-order chi connectivity index (χ0) is 12.3. The van der Waals surface area contributed by atoms with E-state index >= 15 is 0 Å². The molecule has 0 aliphatic carbocycles. The smallest absolute Gasteiger partial charge is 0.0392 e. The van der Waals surface area contributed by atoms with Crippen molar-refractivity contribution in [1.29, 1.82) is 0 Å². The van der Waals surface area contributed by atoms with E-state index in [0.29, 0.717) is 18.0 Å². The minimum absolute atomic E-state index is 0.547. The highest BCUT2D eigenvalue weighted by molar-refractivity contribution is 5.18. The summed E-state index contributed by atoms with van der Waals surface area (Å²) in [4.78, 5) is 6.73. The Labute approximate surface area is 104 Å². The van der Waals surface area contributed by atoms with Crippen molar-refractivity contribution in [3.05, 3.63) is 30.1 Å². The van der Waals surface area contributed by atoms with Gasteiger partial charge in [0, 0.05) is 24.5 Å². The molecule has 0 bridgehead atoms. The van der Waals surface area contributed by atoms with Gasteiger partial charge in [-0.05, 0) is 64.0 Å². The van der Waals surface area contributed by atoms with E-state index in [4.69, 9.17) is 0 Å². The van der Waals surface area contributed by atoms with Crippen molar-refractivity contribution >= 4 is 0 Å². The van der Waals surface area contributed by atoms with Crippen molar-refractivity contribution in [2.24, 2.45) is 5.92 Å². The van der Waals surface area contributed by atoms with Gasteiger partial charge in [-0.15, -0.1) is 0 Å². The molecule has 2 rings (SSSR count). The Bertz CT molecular complexity index is 337. The Morgan fingerprint density at radius 3 is 2.71 bits per heavy atom. The number of rotatable bonds is 4. The molecule has 0 amide bonds. The van der Waals surface area contributed by atoms with Gasteiger partial charge in [-0.25, -0.2) is 0 Å². The fourth-order valence-electron chi connectivity index (χ4n) is 2.96. The Morgan fingerprint density at radius 1 is 1.41 bits per heavy atom. The maximum Gasteiger partial charge on any atom is 0.0392 e. The van der Waals surface area contributed by atoms with Crippen molar-refractivity contribution in [3.63, 3.8) is 0 Å². The predicted octanol–water partition coefficient (Wildman–Crippen LogP) is 2.07. The Balaban J connectivity index is 2.23. The van der Waals surface area contributed by atoms with Crippen LogP contribution in [0.3, 0.4) is 0 Å². The molecule has 1 aliphatic heterocycles. The summed E-state index contributed by atoms with van der Waals surface area (Å²) in [6, 6.07) is 5.47. The van der Waals surface area contributed by atoms with Crippen molar-refractivity contribution in [3.8, 4) is 0 Å². The second kappa shape index (κ2) is 5.61. The quantitative estimate of drug-likeness (QED) is 0.863. The average molecular weight is 233 g/mol. The molecule has 3 heteroatoms. The second-order valence-corrected chi connectivity index (χ2v) is 5.16. The number of likely N-dealkylation sites (tertiary alicyclic amines) is 1. The van der Waals surface area contributed by atoms with Crippen LogP contribution >= 0.6 is 0 Å². The molecule has 1 saturated heterocycles. The molecule has 1 N–H and O–H groups in total. The van der Waals surface area contributed by atoms with Gasteiger partial charge in [0.15, 0.2) is 0 Å². The first-order valence-electron chi connectivity index (χ1n) is 6.54. The van der Waals surface area contributed by atoms with Crippen LogP contribution in [0.25, 0.3) is 0 Å². The first-order valence-corrected chi connectivity index (χ1v) is 6.54. The van der Waals surface area contributed by atoms with Crippen molar-refractivity contribution < 1.29 is 0 Å². The third kappa shape index (κ3) is 2.67. The van der Waals surface area contributed by atoms with Crippen LogP contribution in [0.15, 0.2) is 24.5 Å². The van der Waals surface area contributed by atoms with E-state index in [1.807, 2.05) is 19.4 Å². The molecule has 3 nitrogen and oxygen atoms in total. The van der Waals surface area contributed by atoms with Crippen LogP contribution in [0.2, 0.25) is 0 Å². The molecule has 1 aromatic heterocycles. The van der Waals surface area contributed by atoms with Crippen LogP contribution in [0.5, 0.6) is 0 Å². The van der Waals surface area contributed by atoms with Gasteiger partial charge in [0.25, 0.3) is 0 Å².